The number of alkyl carbamates (subject to hydrolysis) is 3. The molecule has 0 radical (unpaired) electrons. The van der Waals surface area contributed by atoms with Crippen molar-refractivity contribution in [2.24, 2.45) is 10.2 Å². The number of amides is 7. The molecule has 6 aromatic carbocycles. The van der Waals surface area contributed by atoms with E-state index in [0.717, 1.165) is 40.1 Å². The lowest BCUT2D eigenvalue weighted by molar-refractivity contribution is -0.374. The Hall–Kier alpha value is -14.5. The van der Waals surface area contributed by atoms with Crippen molar-refractivity contribution in [1.29, 1.82) is 0 Å². The quantitative estimate of drug-likeness (QED) is 0.00411. The summed E-state index contributed by atoms with van der Waals surface area (Å²) in [5.74, 6) is -8.33. The molecule has 690 valence electrons. The van der Waals surface area contributed by atoms with Gasteiger partial charge < -0.3 is 100 Å². The molecule has 6 atom stereocenters. The molecule has 3 heterocycles. The first-order valence-corrected chi connectivity index (χ1v) is 39.2. The first-order chi connectivity index (χ1) is 60.5. The third-order valence-corrected chi connectivity index (χ3v) is 15.8. The van der Waals surface area contributed by atoms with Crippen LogP contribution in [0.3, 0.4) is 0 Å². The Morgan fingerprint density at radius 3 is 1.19 bits per heavy atom. The monoisotopic (exact) mass is 1790 g/mol. The molecular formula is C85H103F3N14O26. The fourth-order valence-corrected chi connectivity index (χ4v) is 10.4. The summed E-state index contributed by atoms with van der Waals surface area (Å²) in [5.41, 5.74) is 23.8. The molecule has 10 N–H and O–H groups in total. The van der Waals surface area contributed by atoms with Crippen LogP contribution < -0.4 is 57.5 Å². The van der Waals surface area contributed by atoms with E-state index in [4.69, 9.17) is 49.4 Å². The molecule has 9 rings (SSSR count). The molecule has 7 amide bonds. The molecule has 0 aliphatic carbocycles. The lowest BCUT2D eigenvalue weighted by Gasteiger charge is -2.26. The van der Waals surface area contributed by atoms with Gasteiger partial charge in [-0.15, -0.1) is 0 Å². The summed E-state index contributed by atoms with van der Waals surface area (Å²) >= 11 is 0. The molecule has 3 aliphatic heterocycles. The van der Waals surface area contributed by atoms with E-state index in [1.807, 2.05) is 146 Å². The van der Waals surface area contributed by atoms with Crippen molar-refractivity contribution in [1.82, 2.24) is 37.2 Å². The second-order valence-electron chi connectivity index (χ2n) is 28.9. The van der Waals surface area contributed by atoms with Gasteiger partial charge in [-0.3, -0.25) is 38.4 Å². The molecular weight excluding hydrogens is 1690 g/mol. The second kappa shape index (κ2) is 57.8. The van der Waals surface area contributed by atoms with Crippen LogP contribution in [-0.4, -0.2) is 196 Å². The highest BCUT2D eigenvalue weighted by atomic mass is 19.4. The number of hydrogen-bond donors (Lipinski definition) is 8. The Balaban J connectivity index is 0.000000460. The van der Waals surface area contributed by atoms with Crippen LogP contribution in [0.4, 0.5) is 27.6 Å². The molecule has 43 heteroatoms. The minimum absolute atomic E-state index is 0.00549. The van der Waals surface area contributed by atoms with E-state index in [1.165, 1.54) is 20.8 Å². The summed E-state index contributed by atoms with van der Waals surface area (Å²) in [4.78, 5) is 177. The molecule has 6 aromatic rings. The Labute approximate surface area is 733 Å². The van der Waals surface area contributed by atoms with Gasteiger partial charge >= 0.3 is 66.2 Å². The topological polar surface area (TPSA) is 581 Å². The number of rotatable bonds is 35. The first-order valence-electron chi connectivity index (χ1n) is 39.2. The number of aliphatic carboxylic acids is 1. The zero-order valence-corrected chi connectivity index (χ0v) is 71.6. The lowest BCUT2D eigenvalue weighted by Crippen LogP contribution is -2.58. The van der Waals surface area contributed by atoms with Gasteiger partial charge in [0.2, 0.25) is 23.6 Å². The van der Waals surface area contributed by atoms with Gasteiger partial charge in [0.1, 0.15) is 78.1 Å². The molecule has 0 saturated carbocycles. The molecule has 3 aliphatic rings. The lowest BCUT2D eigenvalue weighted by atomic mass is 10.0. The van der Waals surface area contributed by atoms with Crippen LogP contribution >= 0.6 is 0 Å². The molecule has 0 unspecified atom stereocenters. The summed E-state index contributed by atoms with van der Waals surface area (Å²) in [5, 5.41) is 33.3. The number of azide groups is 2. The Bertz CT molecular complexity index is 4680. The van der Waals surface area contributed by atoms with E-state index in [0.29, 0.717) is 57.1 Å². The number of halogens is 3. The van der Waals surface area contributed by atoms with Gasteiger partial charge in [0, 0.05) is 75.9 Å². The SMILES string of the molecule is CC(=O)N[C@H](Cc1ccccc1)C(=O)N[C@@H](Cc1ccc(OCc2ccccc2)cc1)C(=O)N[C@@H](CC(=O)OC(C)(C)C)C(=O)NCCOCCN=[N+]=[N-].CC(=O)OC(C)=O.CC(C)(C)OC(=O)C[C@@H]1NC(=O)OC1=O.O=C([O-])C(F)(F)F.O=C1N[C@@H](Cc2ccc(OCc3ccccc3)cc2)C(=O)O1.O=C1N[C@H](Cc2ccccc2)C(=O)O1.[N-]=[N+]=NCCOCC[NH3+]. The summed E-state index contributed by atoms with van der Waals surface area (Å²) in [6.07, 6.45) is -7.03. The fraction of sp³-hybridized carbons (Fsp3) is 0.400. The van der Waals surface area contributed by atoms with Crippen LogP contribution in [0, 0.1) is 0 Å². The number of nitrogens with one attached hydrogen (secondary N) is 7. The average Bonchev–Trinajstić information content (AvgIpc) is 1.22. The van der Waals surface area contributed by atoms with Gasteiger partial charge in [-0.2, -0.15) is 13.2 Å². The van der Waals surface area contributed by atoms with E-state index in [9.17, 15) is 80.3 Å². The molecule has 3 fully saturated rings. The number of ether oxygens (including phenoxy) is 10. The van der Waals surface area contributed by atoms with E-state index >= 15 is 0 Å². The van der Waals surface area contributed by atoms with Gasteiger partial charge in [-0.05, 0) is 110 Å². The molecule has 40 nitrogen and oxygen atoms in total. The van der Waals surface area contributed by atoms with Crippen molar-refractivity contribution in [3.8, 4) is 11.5 Å². The minimum atomic E-state index is -5.19. The first kappa shape index (κ1) is 108. The number of carbonyl (C=O) groups excluding carboxylic acids is 15. The maximum absolute atomic E-state index is 14.0. The predicted octanol–water partition coefficient (Wildman–Crippen LogP) is 6.31. The van der Waals surface area contributed by atoms with Crippen LogP contribution in [0.1, 0.15) is 109 Å². The normalized spacial score (nSPS) is 14.5. The highest BCUT2D eigenvalue weighted by Gasteiger charge is 2.38. The smallest absolute Gasteiger partial charge is 0.430 e. The van der Waals surface area contributed by atoms with Gasteiger partial charge in [-0.25, -0.2) is 28.8 Å². The van der Waals surface area contributed by atoms with Gasteiger partial charge in [0.05, 0.1) is 45.8 Å². The number of carbonyl (C=O) groups is 15. The third kappa shape index (κ3) is 49.1. The van der Waals surface area contributed by atoms with Crippen LogP contribution in [0.2, 0.25) is 0 Å². The summed E-state index contributed by atoms with van der Waals surface area (Å²) in [6.45, 7) is 17.4. The van der Waals surface area contributed by atoms with Gasteiger partial charge in [-0.1, -0.05) is 156 Å². The largest absolute Gasteiger partial charge is 0.542 e. The van der Waals surface area contributed by atoms with Gasteiger partial charge in [0.15, 0.2) is 0 Å². The number of nitrogens with zero attached hydrogens (tertiary/aromatic N) is 6. The number of benzene rings is 6. The Kier molecular flexibility index (Phi) is 48.6. The zero-order chi connectivity index (χ0) is 95.2. The standard InChI is InChI=1S/C39H49N7O8.C17H15NO4.C10H9NO3.C9H13NO5.C4H10N4O.C4H6O3.C2HF3O2/c1-27(47)43-32(23-28-11-7-5-8-12-28)37(50)44-33(24-29-15-17-31(18-16-29)53-26-30-13-9-6-10-14-30)38(51)45-34(25-35(48)54-39(2,3)4)36(49)41-19-21-52-22-20-42-46-40;19-16-15(18-17(20)22-16)10-12-6-8-14(9-7-12)21-11-13-4-2-1-3-5-13;12-9-8(11-10(13)14-9)6-7-4-2-1-3-5-7;1-9(2,3)15-6(11)4-5-7(12)14-8(13)10-5;5-1-3-9-4-2-7-8-6;1-3(5)7-4(2)6;3-2(4,5)1(6)7/h5-18,32-34H,19-26H2,1-4H3,(H,41,49)(H,43,47)(H,44,50)(H,45,51);1-9,15H,10-11H2,(H,18,20);1-5,8H,6H2,(H,11,13);5H,4H2,1-3H3,(H,10,13);1-5H2;1-2H3;(H,6,7)/t32-,33+,34+;15-;8-;5-;;;/m1010.../s1. The van der Waals surface area contributed by atoms with Crippen LogP contribution in [0.15, 0.2) is 180 Å². The summed E-state index contributed by atoms with van der Waals surface area (Å²) < 4.78 is 80.8. The average molecular weight is 1790 g/mol. The van der Waals surface area contributed by atoms with Crippen molar-refractivity contribution >= 4 is 89.7 Å². The molecule has 0 spiro atoms. The number of carboxylic acid groups (broad SMARTS) is 1. The van der Waals surface area contributed by atoms with E-state index in [1.54, 1.807) is 65.8 Å². The zero-order valence-electron chi connectivity index (χ0n) is 71.6. The second-order valence-corrected chi connectivity index (χ2v) is 28.9. The van der Waals surface area contributed by atoms with E-state index in [2.05, 4.69) is 82.0 Å². The third-order valence-electron chi connectivity index (χ3n) is 15.8. The highest BCUT2D eigenvalue weighted by molar-refractivity contribution is 5.99. The predicted molar refractivity (Wildman–Crippen MR) is 444 cm³/mol. The van der Waals surface area contributed by atoms with Crippen molar-refractivity contribution < 1.29 is 143 Å². The summed E-state index contributed by atoms with van der Waals surface area (Å²) in [7, 11) is 0. The maximum Gasteiger partial charge on any atom is 0.430 e. The van der Waals surface area contributed by atoms with Crippen LogP contribution in [0.25, 0.3) is 20.9 Å². The Morgan fingerprint density at radius 1 is 0.477 bits per heavy atom. The fourth-order valence-electron chi connectivity index (χ4n) is 10.4. The van der Waals surface area contributed by atoms with E-state index in [-0.39, 0.29) is 45.6 Å². The maximum atomic E-state index is 14.0. The van der Waals surface area contributed by atoms with Crippen molar-refractivity contribution in [2.75, 3.05) is 52.6 Å². The van der Waals surface area contributed by atoms with E-state index < -0.39 is 150 Å². The molecule has 128 heavy (non-hydrogen) atoms. The molecule has 0 aromatic heterocycles. The Morgan fingerprint density at radius 2 is 0.828 bits per heavy atom. The summed E-state index contributed by atoms with van der Waals surface area (Å²) in [6, 6.07) is 46.9. The highest BCUT2D eigenvalue weighted by Crippen LogP contribution is 2.21. The minimum Gasteiger partial charge on any atom is -0.542 e. The number of carboxylic acids is 1. The van der Waals surface area contributed by atoms with Crippen molar-refractivity contribution in [2.45, 2.75) is 168 Å². The number of esters is 7. The van der Waals surface area contributed by atoms with Crippen LogP contribution in [0.5, 0.6) is 11.5 Å². The molecule has 3 saturated heterocycles. The number of quaternary nitrogens is 1. The number of cyclic esters (lactones) is 6. The number of alkyl halides is 3. The number of hydrogen-bond acceptors (Lipinski definition) is 28. The van der Waals surface area contributed by atoms with Gasteiger partial charge in [0.25, 0.3) is 0 Å². The molecule has 0 bridgehead atoms. The van der Waals surface area contributed by atoms with Crippen molar-refractivity contribution in [3.05, 3.63) is 224 Å². The van der Waals surface area contributed by atoms with Crippen molar-refractivity contribution in [3.63, 3.8) is 0 Å². The van der Waals surface area contributed by atoms with Crippen LogP contribution in [-0.2, 0) is 134 Å².